The van der Waals surface area contributed by atoms with Gasteiger partial charge in [0.05, 0.1) is 12.1 Å². The van der Waals surface area contributed by atoms with Crippen molar-refractivity contribution in [1.82, 2.24) is 0 Å². The van der Waals surface area contributed by atoms with Gasteiger partial charge >= 0.3 is 0 Å². The van der Waals surface area contributed by atoms with Gasteiger partial charge in [0.25, 0.3) is 5.91 Å². The summed E-state index contributed by atoms with van der Waals surface area (Å²) in [6, 6.07) is 6.86. The van der Waals surface area contributed by atoms with Crippen LogP contribution in [0.1, 0.15) is 19.4 Å². The summed E-state index contributed by atoms with van der Waals surface area (Å²) in [7, 11) is 0. The molecular formula is C10H12FNO. The van der Waals surface area contributed by atoms with Gasteiger partial charge in [0, 0.05) is 0 Å². The zero-order valence-electron chi connectivity index (χ0n) is 7.75. The largest absolute Gasteiger partial charge is 0.272 e. The minimum atomic E-state index is -0.480. The van der Waals surface area contributed by atoms with Gasteiger partial charge < -0.3 is 0 Å². The highest BCUT2D eigenvalue weighted by Crippen LogP contribution is 2.28. The van der Waals surface area contributed by atoms with E-state index in [1.165, 1.54) is 0 Å². The van der Waals surface area contributed by atoms with Gasteiger partial charge in [0.15, 0.2) is 0 Å². The molecule has 0 spiro atoms. The van der Waals surface area contributed by atoms with Gasteiger partial charge in [0.2, 0.25) is 0 Å². The molecule has 1 aromatic rings. The van der Waals surface area contributed by atoms with Crippen LogP contribution in [0.15, 0.2) is 24.3 Å². The van der Waals surface area contributed by atoms with Gasteiger partial charge in [-0.2, -0.15) is 0 Å². The Kier molecular flexibility index (Phi) is 3.01. The molecule has 0 atom stereocenters. The van der Waals surface area contributed by atoms with Gasteiger partial charge in [-0.3, -0.25) is 4.79 Å². The molecule has 0 aliphatic carbocycles. The first kappa shape index (κ1) is 9.71. The van der Waals surface area contributed by atoms with Crippen molar-refractivity contribution in [1.29, 1.82) is 0 Å². The minimum Gasteiger partial charge on any atom is -0.272 e. The molecule has 0 radical (unpaired) electrons. The SMILES string of the molecule is CC.O=C1Cc2ccccc2N1F. The first-order valence-corrected chi connectivity index (χ1v) is 4.35. The summed E-state index contributed by atoms with van der Waals surface area (Å²) in [6.07, 6.45) is 0.187. The summed E-state index contributed by atoms with van der Waals surface area (Å²) in [5, 5.41) is 0.204. The number of hydrogen-bond acceptors (Lipinski definition) is 1. The number of amides is 1. The van der Waals surface area contributed by atoms with E-state index in [4.69, 9.17) is 0 Å². The lowest BCUT2D eigenvalue weighted by molar-refractivity contribution is -0.119. The Balaban J connectivity index is 0.000000396. The van der Waals surface area contributed by atoms with E-state index < -0.39 is 5.91 Å². The summed E-state index contributed by atoms with van der Waals surface area (Å²) < 4.78 is 12.8. The van der Waals surface area contributed by atoms with Gasteiger partial charge in [-0.05, 0) is 11.6 Å². The molecule has 13 heavy (non-hydrogen) atoms. The molecule has 3 heteroatoms. The van der Waals surface area contributed by atoms with Crippen LogP contribution in [0, 0.1) is 0 Å². The minimum absolute atomic E-state index is 0.187. The normalized spacial score (nSPS) is 13.5. The van der Waals surface area contributed by atoms with Crippen LogP contribution in [0.4, 0.5) is 10.2 Å². The molecule has 70 valence electrons. The molecule has 0 fully saturated rings. The second-order valence-electron chi connectivity index (χ2n) is 2.48. The summed E-state index contributed by atoms with van der Waals surface area (Å²) >= 11 is 0. The van der Waals surface area contributed by atoms with E-state index in [0.717, 1.165) is 5.56 Å². The van der Waals surface area contributed by atoms with Crippen LogP contribution in [0.3, 0.4) is 0 Å². The Morgan fingerprint density at radius 1 is 1.31 bits per heavy atom. The summed E-state index contributed by atoms with van der Waals surface area (Å²) in [5.41, 5.74) is 1.15. The van der Waals surface area contributed by atoms with Crippen molar-refractivity contribution in [3.63, 3.8) is 0 Å². The van der Waals surface area contributed by atoms with Crippen molar-refractivity contribution in [3.8, 4) is 0 Å². The molecule has 2 rings (SSSR count). The number of halogens is 1. The van der Waals surface area contributed by atoms with Crippen LogP contribution < -0.4 is 5.12 Å². The molecule has 1 heterocycles. The molecule has 0 saturated heterocycles. The molecule has 0 N–H and O–H groups in total. The maximum absolute atomic E-state index is 12.8. The van der Waals surface area contributed by atoms with Crippen molar-refractivity contribution in [2.75, 3.05) is 5.12 Å². The number of para-hydroxylation sites is 1. The topological polar surface area (TPSA) is 20.3 Å². The van der Waals surface area contributed by atoms with Gasteiger partial charge in [0.1, 0.15) is 0 Å². The first-order valence-electron chi connectivity index (χ1n) is 4.35. The lowest BCUT2D eigenvalue weighted by Gasteiger charge is -2.01. The van der Waals surface area contributed by atoms with Crippen molar-refractivity contribution < 1.29 is 9.28 Å². The van der Waals surface area contributed by atoms with Crippen LogP contribution >= 0.6 is 0 Å². The van der Waals surface area contributed by atoms with Gasteiger partial charge in [-0.15, -0.1) is 5.12 Å². The number of benzene rings is 1. The van der Waals surface area contributed by atoms with Gasteiger partial charge in [-0.25, -0.2) is 0 Å². The third kappa shape index (κ3) is 1.69. The molecule has 0 bridgehead atoms. The van der Waals surface area contributed by atoms with Crippen LogP contribution in [-0.4, -0.2) is 5.91 Å². The number of fused-ring (bicyclic) bond motifs is 1. The molecule has 1 aliphatic rings. The number of nitrogens with zero attached hydrogens (tertiary/aromatic N) is 1. The Morgan fingerprint density at radius 2 is 1.92 bits per heavy atom. The lowest BCUT2D eigenvalue weighted by Crippen LogP contribution is -2.15. The Morgan fingerprint density at radius 3 is 2.54 bits per heavy atom. The standard InChI is InChI=1S/C8H6FNO.C2H6/c9-10-7-4-2-1-3-6(7)5-8(10)11;1-2/h1-4H,5H2;1-2H3. The zero-order chi connectivity index (χ0) is 9.84. The molecule has 0 saturated carbocycles. The van der Waals surface area contributed by atoms with E-state index >= 15 is 0 Å². The van der Waals surface area contributed by atoms with E-state index in [9.17, 15) is 9.28 Å². The molecule has 0 unspecified atom stereocenters. The molecule has 2 nitrogen and oxygen atoms in total. The highest BCUT2D eigenvalue weighted by atomic mass is 19.2. The highest BCUT2D eigenvalue weighted by Gasteiger charge is 2.26. The molecule has 1 aliphatic heterocycles. The van der Waals surface area contributed by atoms with E-state index in [-0.39, 0.29) is 11.5 Å². The summed E-state index contributed by atoms with van der Waals surface area (Å²) in [6.45, 7) is 4.00. The quantitative estimate of drug-likeness (QED) is 0.563. The van der Waals surface area contributed by atoms with Crippen LogP contribution in [0.2, 0.25) is 0 Å². The second-order valence-corrected chi connectivity index (χ2v) is 2.48. The van der Waals surface area contributed by atoms with Crippen molar-refractivity contribution in [2.45, 2.75) is 20.3 Å². The monoisotopic (exact) mass is 181 g/mol. The second kappa shape index (κ2) is 4.03. The van der Waals surface area contributed by atoms with Gasteiger partial charge in [-0.1, -0.05) is 36.5 Å². The highest BCUT2D eigenvalue weighted by molar-refractivity contribution is 5.99. The smallest absolute Gasteiger partial charge is 0.259 e. The predicted octanol–water partition coefficient (Wildman–Crippen LogP) is 2.49. The predicted molar refractivity (Wildman–Crippen MR) is 50.1 cm³/mol. The first-order chi connectivity index (χ1) is 6.29. The van der Waals surface area contributed by atoms with Crippen LogP contribution in [0.5, 0.6) is 0 Å². The molecule has 1 aromatic carbocycles. The van der Waals surface area contributed by atoms with Crippen molar-refractivity contribution in [3.05, 3.63) is 29.8 Å². The fraction of sp³-hybridized carbons (Fsp3) is 0.300. The van der Waals surface area contributed by atoms with E-state index in [0.29, 0.717) is 5.69 Å². The number of hydrogen-bond donors (Lipinski definition) is 0. The fourth-order valence-electron chi connectivity index (χ4n) is 1.22. The number of anilines is 1. The average molecular weight is 181 g/mol. The van der Waals surface area contributed by atoms with Crippen molar-refractivity contribution >= 4 is 11.6 Å². The number of carbonyl (C=O) groups is 1. The third-order valence-electron chi connectivity index (χ3n) is 1.76. The Bertz CT molecular complexity index is 312. The Labute approximate surface area is 76.9 Å². The molecular weight excluding hydrogens is 169 g/mol. The number of rotatable bonds is 0. The molecule has 1 amide bonds. The van der Waals surface area contributed by atoms with E-state index in [2.05, 4.69) is 0 Å². The Hall–Kier alpha value is -1.38. The molecule has 0 aromatic heterocycles. The zero-order valence-corrected chi connectivity index (χ0v) is 7.75. The lowest BCUT2D eigenvalue weighted by atomic mass is 10.2. The maximum Gasteiger partial charge on any atom is 0.259 e. The summed E-state index contributed by atoms with van der Waals surface area (Å²) in [4.78, 5) is 10.8. The fourth-order valence-corrected chi connectivity index (χ4v) is 1.22. The average Bonchev–Trinajstić information content (AvgIpc) is 2.47. The van der Waals surface area contributed by atoms with Crippen molar-refractivity contribution in [2.24, 2.45) is 0 Å². The van der Waals surface area contributed by atoms with E-state index in [1.54, 1.807) is 24.3 Å². The number of carbonyl (C=O) groups excluding carboxylic acids is 1. The van der Waals surface area contributed by atoms with Crippen LogP contribution in [0.25, 0.3) is 0 Å². The summed E-state index contributed by atoms with van der Waals surface area (Å²) in [5.74, 6) is -0.480. The van der Waals surface area contributed by atoms with Crippen LogP contribution in [-0.2, 0) is 11.2 Å². The third-order valence-corrected chi connectivity index (χ3v) is 1.76. The van der Waals surface area contributed by atoms with E-state index in [1.807, 2.05) is 13.8 Å². The maximum atomic E-state index is 12.8.